The SMILES string of the molecule is CC=CC1COC(C#Cc2cnc(-c3ccc(OC(F)F)cc3)nc2)OC1. The van der Waals surface area contributed by atoms with Crippen molar-refractivity contribution in [3.63, 3.8) is 0 Å². The largest absolute Gasteiger partial charge is 0.435 e. The molecule has 3 rings (SSSR count). The van der Waals surface area contributed by atoms with E-state index in [1.165, 1.54) is 12.1 Å². The summed E-state index contributed by atoms with van der Waals surface area (Å²) < 4.78 is 39.7. The van der Waals surface area contributed by atoms with Crippen molar-refractivity contribution in [1.82, 2.24) is 9.97 Å². The van der Waals surface area contributed by atoms with E-state index in [1.807, 2.05) is 19.1 Å². The molecule has 1 saturated heterocycles. The summed E-state index contributed by atoms with van der Waals surface area (Å²) in [5, 5.41) is 0. The first kappa shape index (κ1) is 19.0. The van der Waals surface area contributed by atoms with Crippen LogP contribution in [0.15, 0.2) is 48.8 Å². The van der Waals surface area contributed by atoms with Gasteiger partial charge < -0.3 is 14.2 Å². The Bertz CT molecular complexity index is 819. The minimum atomic E-state index is -2.85. The monoisotopic (exact) mass is 372 g/mol. The number of halogens is 2. The Balaban J connectivity index is 1.60. The number of allylic oxidation sites excluding steroid dienone is 1. The molecule has 0 spiro atoms. The summed E-state index contributed by atoms with van der Waals surface area (Å²) in [5.41, 5.74) is 1.31. The first-order chi connectivity index (χ1) is 13.1. The van der Waals surface area contributed by atoms with Gasteiger partial charge in [-0.1, -0.05) is 18.1 Å². The first-order valence-electron chi connectivity index (χ1n) is 8.39. The van der Waals surface area contributed by atoms with Gasteiger partial charge in [-0.05, 0) is 37.1 Å². The summed E-state index contributed by atoms with van der Waals surface area (Å²) in [4.78, 5) is 8.49. The molecule has 1 fully saturated rings. The van der Waals surface area contributed by atoms with Crippen molar-refractivity contribution in [3.8, 4) is 29.0 Å². The number of benzene rings is 1. The molecule has 0 saturated carbocycles. The number of rotatable bonds is 4. The lowest BCUT2D eigenvalue weighted by atomic mass is 10.1. The van der Waals surface area contributed by atoms with E-state index < -0.39 is 12.9 Å². The third-order valence-electron chi connectivity index (χ3n) is 3.71. The van der Waals surface area contributed by atoms with E-state index in [0.29, 0.717) is 30.2 Å². The number of ether oxygens (including phenoxy) is 3. The van der Waals surface area contributed by atoms with Gasteiger partial charge in [0.25, 0.3) is 0 Å². The minimum Gasteiger partial charge on any atom is -0.435 e. The van der Waals surface area contributed by atoms with Gasteiger partial charge in [-0.25, -0.2) is 9.97 Å². The van der Waals surface area contributed by atoms with Crippen LogP contribution in [0.5, 0.6) is 5.75 Å². The molecule has 1 aromatic carbocycles. The molecular formula is C20H18F2N2O3. The van der Waals surface area contributed by atoms with E-state index in [-0.39, 0.29) is 11.7 Å². The van der Waals surface area contributed by atoms with E-state index in [1.54, 1.807) is 24.5 Å². The van der Waals surface area contributed by atoms with Crippen molar-refractivity contribution in [2.75, 3.05) is 13.2 Å². The van der Waals surface area contributed by atoms with Crippen molar-refractivity contribution in [1.29, 1.82) is 0 Å². The quantitative estimate of drug-likeness (QED) is 0.606. The highest BCUT2D eigenvalue weighted by Crippen LogP contribution is 2.20. The van der Waals surface area contributed by atoms with Crippen molar-refractivity contribution < 1.29 is 23.0 Å². The first-order valence-corrected chi connectivity index (χ1v) is 8.39. The summed E-state index contributed by atoms with van der Waals surface area (Å²) in [6, 6.07) is 6.11. The van der Waals surface area contributed by atoms with Crippen LogP contribution in [0.1, 0.15) is 12.5 Å². The average molecular weight is 372 g/mol. The fourth-order valence-corrected chi connectivity index (χ4v) is 2.45. The molecule has 2 aromatic rings. The van der Waals surface area contributed by atoms with Crippen LogP contribution in [0.2, 0.25) is 0 Å². The molecule has 1 aromatic heterocycles. The van der Waals surface area contributed by atoms with E-state index >= 15 is 0 Å². The van der Waals surface area contributed by atoms with Crippen LogP contribution in [-0.2, 0) is 9.47 Å². The fourth-order valence-electron chi connectivity index (χ4n) is 2.45. The summed E-state index contributed by atoms with van der Waals surface area (Å²) in [6.45, 7) is 0.256. The lowest BCUT2D eigenvalue weighted by Crippen LogP contribution is -2.30. The smallest absolute Gasteiger partial charge is 0.387 e. The van der Waals surface area contributed by atoms with Crippen LogP contribution in [0.3, 0.4) is 0 Å². The summed E-state index contributed by atoms with van der Waals surface area (Å²) in [5.74, 6) is 6.63. The molecule has 0 unspecified atom stereocenters. The molecule has 2 heterocycles. The van der Waals surface area contributed by atoms with Crippen LogP contribution in [0.25, 0.3) is 11.4 Å². The van der Waals surface area contributed by atoms with Crippen LogP contribution in [0, 0.1) is 17.8 Å². The Morgan fingerprint density at radius 2 is 1.81 bits per heavy atom. The van der Waals surface area contributed by atoms with Gasteiger partial charge in [0.15, 0.2) is 5.82 Å². The predicted molar refractivity (Wildman–Crippen MR) is 95.0 cm³/mol. The number of nitrogens with zero attached hydrogens (tertiary/aromatic N) is 2. The van der Waals surface area contributed by atoms with Gasteiger partial charge in [-0.2, -0.15) is 8.78 Å². The normalized spacial score (nSPS) is 19.7. The Labute approximate surface area is 156 Å². The zero-order chi connectivity index (χ0) is 19.1. The topological polar surface area (TPSA) is 53.5 Å². The fraction of sp³-hybridized carbons (Fsp3) is 0.300. The molecule has 1 aliphatic rings. The van der Waals surface area contributed by atoms with Gasteiger partial charge in [0.05, 0.1) is 18.8 Å². The van der Waals surface area contributed by atoms with Crippen LogP contribution >= 0.6 is 0 Å². The molecule has 0 aliphatic carbocycles. The third-order valence-corrected chi connectivity index (χ3v) is 3.71. The van der Waals surface area contributed by atoms with Crippen molar-refractivity contribution in [2.24, 2.45) is 5.92 Å². The highest BCUT2D eigenvalue weighted by Gasteiger charge is 2.18. The predicted octanol–water partition coefficient (Wildman–Crippen LogP) is 3.66. The second kappa shape index (κ2) is 9.21. The summed E-state index contributed by atoms with van der Waals surface area (Å²) in [6.07, 6.45) is 6.63. The maximum absolute atomic E-state index is 12.2. The van der Waals surface area contributed by atoms with E-state index in [0.717, 1.165) is 0 Å². The van der Waals surface area contributed by atoms with Crippen LogP contribution < -0.4 is 4.74 Å². The Hall–Kier alpha value is -2.82. The van der Waals surface area contributed by atoms with Gasteiger partial charge in [-0.15, -0.1) is 0 Å². The van der Waals surface area contributed by atoms with Crippen molar-refractivity contribution in [3.05, 3.63) is 54.4 Å². The molecule has 0 amide bonds. The number of alkyl halides is 2. The molecule has 5 nitrogen and oxygen atoms in total. The average Bonchev–Trinajstić information content (AvgIpc) is 2.68. The van der Waals surface area contributed by atoms with Gasteiger partial charge >= 0.3 is 6.61 Å². The minimum absolute atomic E-state index is 0.0837. The molecule has 1 aliphatic heterocycles. The lowest BCUT2D eigenvalue weighted by Gasteiger charge is -2.24. The summed E-state index contributed by atoms with van der Waals surface area (Å²) in [7, 11) is 0. The molecule has 7 heteroatoms. The highest BCUT2D eigenvalue weighted by molar-refractivity contribution is 5.56. The maximum atomic E-state index is 12.2. The van der Waals surface area contributed by atoms with Crippen LogP contribution in [0.4, 0.5) is 8.78 Å². The molecule has 0 N–H and O–H groups in total. The van der Waals surface area contributed by atoms with Gasteiger partial charge in [-0.3, -0.25) is 0 Å². The molecule has 0 bridgehead atoms. The Morgan fingerprint density at radius 3 is 2.41 bits per heavy atom. The van der Waals surface area contributed by atoms with Crippen LogP contribution in [-0.4, -0.2) is 36.1 Å². The zero-order valence-electron chi connectivity index (χ0n) is 14.6. The van der Waals surface area contributed by atoms with Gasteiger partial charge in [0.1, 0.15) is 5.75 Å². The third kappa shape index (κ3) is 5.58. The summed E-state index contributed by atoms with van der Waals surface area (Å²) >= 11 is 0. The highest BCUT2D eigenvalue weighted by atomic mass is 19.3. The van der Waals surface area contributed by atoms with E-state index in [2.05, 4.69) is 26.5 Å². The standard InChI is InChI=1S/C20H18F2N2O3/c1-2-3-15-12-25-18(26-13-15)9-4-14-10-23-19(24-11-14)16-5-7-17(8-6-16)27-20(21)22/h2-3,5-8,10-11,15,18,20H,12-13H2,1H3. The second-order valence-corrected chi connectivity index (χ2v) is 5.75. The number of hydrogen-bond donors (Lipinski definition) is 0. The number of hydrogen-bond acceptors (Lipinski definition) is 5. The molecular weight excluding hydrogens is 354 g/mol. The maximum Gasteiger partial charge on any atom is 0.387 e. The molecule has 0 radical (unpaired) electrons. The lowest BCUT2D eigenvalue weighted by molar-refractivity contribution is -0.160. The van der Waals surface area contributed by atoms with Crippen molar-refractivity contribution in [2.45, 2.75) is 19.8 Å². The van der Waals surface area contributed by atoms with Crippen molar-refractivity contribution >= 4 is 0 Å². The second-order valence-electron chi connectivity index (χ2n) is 5.75. The molecule has 27 heavy (non-hydrogen) atoms. The van der Waals surface area contributed by atoms with Gasteiger partial charge in [0.2, 0.25) is 6.29 Å². The molecule has 140 valence electrons. The number of aromatic nitrogens is 2. The van der Waals surface area contributed by atoms with E-state index in [4.69, 9.17) is 9.47 Å². The molecule has 0 atom stereocenters. The Kier molecular flexibility index (Phi) is 6.47. The van der Waals surface area contributed by atoms with E-state index in [9.17, 15) is 8.78 Å². The van der Waals surface area contributed by atoms with Gasteiger partial charge in [0, 0.05) is 23.9 Å². The zero-order valence-corrected chi connectivity index (χ0v) is 14.6. The Morgan fingerprint density at radius 1 is 1.15 bits per heavy atom.